The van der Waals surface area contributed by atoms with Gasteiger partial charge in [0.2, 0.25) is 0 Å². The standard InChI is InChI=1S/C23H18N2O4/c26-22(28-20-13-5-9-16-7-1-3-11-18(16)20)24-15-25-23(27)29-21-14-6-10-17-8-2-4-12-19(17)21/h1-14H,15H2,(H,24,26)(H,25,27). The molecule has 4 aromatic rings. The second-order valence-corrected chi connectivity index (χ2v) is 6.26. The predicted molar refractivity (Wildman–Crippen MR) is 111 cm³/mol. The van der Waals surface area contributed by atoms with Crippen molar-refractivity contribution >= 4 is 33.7 Å². The molecule has 0 spiro atoms. The Labute approximate surface area is 167 Å². The van der Waals surface area contributed by atoms with E-state index < -0.39 is 12.2 Å². The normalized spacial score (nSPS) is 10.5. The Hall–Kier alpha value is -4.06. The van der Waals surface area contributed by atoms with Gasteiger partial charge in [0.05, 0.1) is 6.67 Å². The number of nitrogens with one attached hydrogen (secondary N) is 2. The third kappa shape index (κ3) is 4.27. The van der Waals surface area contributed by atoms with Crippen molar-refractivity contribution < 1.29 is 19.1 Å². The van der Waals surface area contributed by atoms with Gasteiger partial charge in [0.1, 0.15) is 11.5 Å². The number of carbonyl (C=O) groups is 2. The highest BCUT2D eigenvalue weighted by Crippen LogP contribution is 2.26. The van der Waals surface area contributed by atoms with E-state index in [4.69, 9.17) is 9.47 Å². The Morgan fingerprint density at radius 1 is 0.586 bits per heavy atom. The fourth-order valence-corrected chi connectivity index (χ4v) is 3.03. The van der Waals surface area contributed by atoms with Gasteiger partial charge >= 0.3 is 12.2 Å². The first kappa shape index (κ1) is 18.3. The lowest BCUT2D eigenvalue weighted by Gasteiger charge is -2.11. The molecular formula is C23H18N2O4. The SMILES string of the molecule is O=C(NCNC(=O)Oc1cccc2ccccc12)Oc1cccc2ccccc12. The third-order valence-electron chi connectivity index (χ3n) is 4.37. The molecule has 6 nitrogen and oxygen atoms in total. The van der Waals surface area contributed by atoms with E-state index in [1.165, 1.54) is 0 Å². The van der Waals surface area contributed by atoms with Crippen LogP contribution in [-0.4, -0.2) is 18.9 Å². The summed E-state index contributed by atoms with van der Waals surface area (Å²) in [6.45, 7) is -0.132. The van der Waals surface area contributed by atoms with Gasteiger partial charge in [-0.05, 0) is 22.9 Å². The van der Waals surface area contributed by atoms with Crippen LogP contribution in [0.2, 0.25) is 0 Å². The molecular weight excluding hydrogens is 368 g/mol. The second-order valence-electron chi connectivity index (χ2n) is 6.26. The minimum Gasteiger partial charge on any atom is -0.410 e. The highest BCUT2D eigenvalue weighted by Gasteiger charge is 2.10. The summed E-state index contributed by atoms with van der Waals surface area (Å²) in [6, 6.07) is 26.1. The number of amides is 2. The summed E-state index contributed by atoms with van der Waals surface area (Å²) in [4.78, 5) is 24.1. The van der Waals surface area contributed by atoms with Gasteiger partial charge in [0.15, 0.2) is 0 Å². The van der Waals surface area contributed by atoms with Crippen LogP contribution in [0, 0.1) is 0 Å². The van der Waals surface area contributed by atoms with E-state index in [1.807, 2.05) is 72.8 Å². The Bertz CT molecular complexity index is 1090. The van der Waals surface area contributed by atoms with Gasteiger partial charge in [-0.3, -0.25) is 0 Å². The molecule has 0 bridgehead atoms. The lowest BCUT2D eigenvalue weighted by atomic mass is 10.1. The molecule has 0 atom stereocenters. The fraction of sp³-hybridized carbons (Fsp3) is 0.0435. The Balaban J connectivity index is 1.31. The van der Waals surface area contributed by atoms with Crippen molar-refractivity contribution in [3.05, 3.63) is 84.9 Å². The van der Waals surface area contributed by atoms with Crippen LogP contribution in [0.3, 0.4) is 0 Å². The number of carbonyl (C=O) groups excluding carboxylic acids is 2. The molecule has 0 saturated heterocycles. The van der Waals surface area contributed by atoms with Crippen molar-refractivity contribution in [3.8, 4) is 11.5 Å². The molecule has 0 aromatic heterocycles. The highest BCUT2D eigenvalue weighted by atomic mass is 16.6. The van der Waals surface area contributed by atoms with Gasteiger partial charge in [-0.1, -0.05) is 72.8 Å². The average Bonchev–Trinajstić information content (AvgIpc) is 2.74. The first-order valence-corrected chi connectivity index (χ1v) is 9.07. The minimum absolute atomic E-state index is 0.132. The Kier molecular flexibility index (Phi) is 5.25. The molecule has 0 radical (unpaired) electrons. The van der Waals surface area contributed by atoms with Gasteiger partial charge < -0.3 is 20.1 Å². The quantitative estimate of drug-likeness (QED) is 0.493. The van der Waals surface area contributed by atoms with Gasteiger partial charge in [0.25, 0.3) is 0 Å². The van der Waals surface area contributed by atoms with Gasteiger partial charge in [0, 0.05) is 10.8 Å². The minimum atomic E-state index is -0.674. The number of ether oxygens (including phenoxy) is 2. The molecule has 0 fully saturated rings. The largest absolute Gasteiger partial charge is 0.414 e. The Morgan fingerprint density at radius 3 is 1.48 bits per heavy atom. The maximum atomic E-state index is 12.0. The zero-order chi connectivity index (χ0) is 20.1. The lowest BCUT2D eigenvalue weighted by Crippen LogP contribution is -2.39. The van der Waals surface area contributed by atoms with Gasteiger partial charge in [-0.25, -0.2) is 9.59 Å². The molecule has 144 valence electrons. The monoisotopic (exact) mass is 386 g/mol. The molecule has 0 heterocycles. The lowest BCUT2D eigenvalue weighted by molar-refractivity contribution is 0.193. The van der Waals surface area contributed by atoms with Gasteiger partial charge in [-0.2, -0.15) is 0 Å². The van der Waals surface area contributed by atoms with E-state index in [1.54, 1.807) is 12.1 Å². The Morgan fingerprint density at radius 2 is 1.00 bits per heavy atom. The van der Waals surface area contributed by atoms with E-state index in [2.05, 4.69) is 10.6 Å². The van der Waals surface area contributed by atoms with Crippen LogP contribution in [0.25, 0.3) is 21.5 Å². The summed E-state index contributed by atoms with van der Waals surface area (Å²) in [5.74, 6) is 0.887. The summed E-state index contributed by atoms with van der Waals surface area (Å²) < 4.78 is 10.7. The smallest absolute Gasteiger partial charge is 0.410 e. The van der Waals surface area contributed by atoms with Crippen molar-refractivity contribution in [2.45, 2.75) is 0 Å². The highest BCUT2D eigenvalue weighted by molar-refractivity contribution is 5.91. The molecule has 0 saturated carbocycles. The molecule has 4 aromatic carbocycles. The molecule has 0 aliphatic rings. The number of hydrogen-bond acceptors (Lipinski definition) is 4. The van der Waals surface area contributed by atoms with E-state index in [0.717, 1.165) is 21.5 Å². The van der Waals surface area contributed by atoms with Crippen LogP contribution in [0.4, 0.5) is 9.59 Å². The average molecular weight is 386 g/mol. The first-order valence-electron chi connectivity index (χ1n) is 9.07. The van der Waals surface area contributed by atoms with E-state index >= 15 is 0 Å². The summed E-state index contributed by atoms with van der Waals surface area (Å²) in [7, 11) is 0. The van der Waals surface area contributed by atoms with Crippen LogP contribution in [-0.2, 0) is 0 Å². The summed E-state index contributed by atoms with van der Waals surface area (Å²) in [5, 5.41) is 8.54. The van der Waals surface area contributed by atoms with Crippen LogP contribution >= 0.6 is 0 Å². The molecule has 29 heavy (non-hydrogen) atoms. The summed E-state index contributed by atoms with van der Waals surface area (Å²) in [6.07, 6.45) is -1.35. The van der Waals surface area contributed by atoms with Crippen molar-refractivity contribution in [2.75, 3.05) is 6.67 Å². The van der Waals surface area contributed by atoms with Crippen LogP contribution in [0.15, 0.2) is 84.9 Å². The molecule has 2 amide bonds. The topological polar surface area (TPSA) is 76.7 Å². The molecule has 4 rings (SSSR count). The van der Waals surface area contributed by atoms with Crippen molar-refractivity contribution in [2.24, 2.45) is 0 Å². The van der Waals surface area contributed by atoms with Crippen LogP contribution in [0.1, 0.15) is 0 Å². The van der Waals surface area contributed by atoms with Crippen LogP contribution < -0.4 is 20.1 Å². The number of fused-ring (bicyclic) bond motifs is 2. The molecule has 0 aliphatic heterocycles. The maximum absolute atomic E-state index is 12.0. The number of benzene rings is 4. The van der Waals surface area contributed by atoms with Gasteiger partial charge in [-0.15, -0.1) is 0 Å². The van der Waals surface area contributed by atoms with Crippen molar-refractivity contribution in [3.63, 3.8) is 0 Å². The molecule has 2 N–H and O–H groups in total. The molecule has 0 aliphatic carbocycles. The fourth-order valence-electron chi connectivity index (χ4n) is 3.03. The number of hydrogen-bond donors (Lipinski definition) is 2. The van der Waals surface area contributed by atoms with Crippen molar-refractivity contribution in [1.82, 2.24) is 10.6 Å². The predicted octanol–water partition coefficient (Wildman–Crippen LogP) is 4.83. The van der Waals surface area contributed by atoms with E-state index in [0.29, 0.717) is 11.5 Å². The second kappa shape index (κ2) is 8.31. The molecule has 6 heteroatoms. The number of rotatable bonds is 4. The summed E-state index contributed by atoms with van der Waals surface area (Å²) in [5.41, 5.74) is 0. The zero-order valence-electron chi connectivity index (χ0n) is 15.4. The van der Waals surface area contributed by atoms with E-state index in [-0.39, 0.29) is 6.67 Å². The molecule has 0 unspecified atom stereocenters. The maximum Gasteiger partial charge on any atom is 0.414 e. The first-order chi connectivity index (χ1) is 14.2. The third-order valence-corrected chi connectivity index (χ3v) is 4.37. The summed E-state index contributed by atoms with van der Waals surface area (Å²) >= 11 is 0. The zero-order valence-corrected chi connectivity index (χ0v) is 15.4. The van der Waals surface area contributed by atoms with Crippen molar-refractivity contribution in [1.29, 1.82) is 0 Å². The van der Waals surface area contributed by atoms with E-state index in [9.17, 15) is 9.59 Å². The van der Waals surface area contributed by atoms with Crippen LogP contribution in [0.5, 0.6) is 11.5 Å².